The van der Waals surface area contributed by atoms with Gasteiger partial charge in [0.15, 0.2) is 0 Å². The molecule has 0 aliphatic rings. The molecule has 1 rings (SSSR count). The van der Waals surface area contributed by atoms with E-state index in [0.717, 1.165) is 16.3 Å². The molecule has 0 saturated carbocycles. The first kappa shape index (κ1) is 9.88. The van der Waals surface area contributed by atoms with Gasteiger partial charge < -0.3 is 5.32 Å². The Morgan fingerprint density at radius 2 is 2.23 bits per heavy atom. The molecule has 0 fully saturated rings. The van der Waals surface area contributed by atoms with Crippen molar-refractivity contribution in [3.8, 4) is 6.07 Å². The van der Waals surface area contributed by atoms with Gasteiger partial charge in [0.05, 0.1) is 6.07 Å². The lowest BCUT2D eigenvalue weighted by molar-refractivity contribution is 1.01. The van der Waals surface area contributed by atoms with Crippen LogP contribution in [0.4, 0.5) is 5.69 Å². The maximum atomic E-state index is 8.61. The minimum atomic E-state index is -0.197. The average Bonchev–Trinajstić information content (AvgIpc) is 2.13. The summed E-state index contributed by atoms with van der Waals surface area (Å²) in [7, 11) is 0. The average molecular weight is 195 g/mol. The van der Waals surface area contributed by atoms with Gasteiger partial charge in [0.1, 0.15) is 6.04 Å². The Morgan fingerprint density at radius 1 is 1.54 bits per heavy atom. The van der Waals surface area contributed by atoms with Gasteiger partial charge >= 0.3 is 0 Å². The summed E-state index contributed by atoms with van der Waals surface area (Å²) >= 11 is 5.92. The molecule has 0 radical (unpaired) electrons. The summed E-state index contributed by atoms with van der Waals surface area (Å²) in [6.07, 6.45) is 0. The number of nitrogens with zero attached hydrogens (tertiary/aromatic N) is 1. The molecule has 1 unspecified atom stereocenters. The molecule has 0 heterocycles. The molecule has 0 amide bonds. The van der Waals surface area contributed by atoms with Crippen molar-refractivity contribution in [1.82, 2.24) is 0 Å². The zero-order valence-corrected chi connectivity index (χ0v) is 8.39. The second-order valence-corrected chi connectivity index (χ2v) is 3.31. The highest BCUT2D eigenvalue weighted by Crippen LogP contribution is 2.23. The zero-order chi connectivity index (χ0) is 9.84. The van der Waals surface area contributed by atoms with Crippen molar-refractivity contribution in [3.05, 3.63) is 28.8 Å². The number of benzene rings is 1. The Hall–Kier alpha value is -1.20. The van der Waals surface area contributed by atoms with E-state index in [-0.39, 0.29) is 6.04 Å². The molecule has 68 valence electrons. The lowest BCUT2D eigenvalue weighted by atomic mass is 10.2. The number of hydrogen-bond donors (Lipinski definition) is 1. The van der Waals surface area contributed by atoms with E-state index in [1.807, 2.05) is 25.1 Å². The van der Waals surface area contributed by atoms with Crippen molar-refractivity contribution < 1.29 is 0 Å². The van der Waals surface area contributed by atoms with Crippen LogP contribution in [0.25, 0.3) is 0 Å². The quantitative estimate of drug-likeness (QED) is 0.786. The molecule has 0 spiro atoms. The number of halogens is 1. The number of hydrogen-bond acceptors (Lipinski definition) is 2. The third-order valence-corrected chi connectivity index (χ3v) is 2.24. The van der Waals surface area contributed by atoms with Crippen molar-refractivity contribution in [2.45, 2.75) is 19.9 Å². The molecule has 1 N–H and O–H groups in total. The first-order chi connectivity index (χ1) is 6.15. The number of anilines is 1. The van der Waals surface area contributed by atoms with E-state index in [1.165, 1.54) is 0 Å². The third kappa shape index (κ3) is 2.37. The first-order valence-electron chi connectivity index (χ1n) is 4.06. The smallest absolute Gasteiger partial charge is 0.111 e. The lowest BCUT2D eigenvalue weighted by Gasteiger charge is -2.11. The lowest BCUT2D eigenvalue weighted by Crippen LogP contribution is -2.12. The summed E-state index contributed by atoms with van der Waals surface area (Å²) in [4.78, 5) is 0. The van der Waals surface area contributed by atoms with Crippen molar-refractivity contribution in [3.63, 3.8) is 0 Å². The summed E-state index contributed by atoms with van der Waals surface area (Å²) in [5.41, 5.74) is 1.90. The Kier molecular flexibility index (Phi) is 3.16. The SMILES string of the molecule is Cc1c(Cl)cccc1NC(C)C#N. The van der Waals surface area contributed by atoms with Crippen LogP contribution in [0, 0.1) is 18.3 Å². The molecule has 0 aliphatic heterocycles. The molecule has 0 aliphatic carbocycles. The van der Waals surface area contributed by atoms with Crippen molar-refractivity contribution in [1.29, 1.82) is 5.26 Å². The van der Waals surface area contributed by atoms with Crippen LogP contribution in [0.3, 0.4) is 0 Å². The number of nitrogens with one attached hydrogen (secondary N) is 1. The third-order valence-electron chi connectivity index (χ3n) is 1.83. The maximum absolute atomic E-state index is 8.61. The molecule has 0 aromatic heterocycles. The summed E-state index contributed by atoms with van der Waals surface area (Å²) < 4.78 is 0. The normalized spacial score (nSPS) is 11.8. The zero-order valence-electron chi connectivity index (χ0n) is 7.63. The van der Waals surface area contributed by atoms with Gasteiger partial charge in [-0.05, 0) is 31.5 Å². The van der Waals surface area contributed by atoms with E-state index in [9.17, 15) is 0 Å². The molecule has 0 saturated heterocycles. The van der Waals surface area contributed by atoms with Crippen molar-refractivity contribution in [2.24, 2.45) is 0 Å². The molecule has 0 bridgehead atoms. The largest absolute Gasteiger partial charge is 0.370 e. The van der Waals surface area contributed by atoms with Crippen LogP contribution in [-0.2, 0) is 0 Å². The fourth-order valence-electron chi connectivity index (χ4n) is 1.03. The van der Waals surface area contributed by atoms with E-state index in [0.29, 0.717) is 0 Å². The number of rotatable bonds is 2. The Labute approximate surface area is 83.1 Å². The van der Waals surface area contributed by atoms with Gasteiger partial charge in [-0.3, -0.25) is 0 Å². The van der Waals surface area contributed by atoms with Gasteiger partial charge in [-0.25, -0.2) is 0 Å². The maximum Gasteiger partial charge on any atom is 0.111 e. The van der Waals surface area contributed by atoms with Crippen molar-refractivity contribution in [2.75, 3.05) is 5.32 Å². The van der Waals surface area contributed by atoms with Gasteiger partial charge in [-0.2, -0.15) is 5.26 Å². The van der Waals surface area contributed by atoms with Gasteiger partial charge in [-0.1, -0.05) is 17.7 Å². The van der Waals surface area contributed by atoms with Gasteiger partial charge in [0.2, 0.25) is 0 Å². The van der Waals surface area contributed by atoms with Crippen LogP contribution >= 0.6 is 11.6 Å². The predicted octanol–water partition coefficient (Wildman–Crippen LogP) is 2.97. The minimum absolute atomic E-state index is 0.197. The van der Waals surface area contributed by atoms with E-state index in [2.05, 4.69) is 11.4 Å². The van der Waals surface area contributed by atoms with Crippen LogP contribution in [0.5, 0.6) is 0 Å². The Morgan fingerprint density at radius 3 is 2.85 bits per heavy atom. The topological polar surface area (TPSA) is 35.8 Å². The summed E-state index contributed by atoms with van der Waals surface area (Å²) in [6, 6.07) is 7.52. The molecule has 1 aromatic rings. The highest BCUT2D eigenvalue weighted by Gasteiger charge is 2.04. The predicted molar refractivity (Wildman–Crippen MR) is 54.9 cm³/mol. The molecule has 1 aromatic carbocycles. The fraction of sp³-hybridized carbons (Fsp3) is 0.300. The Balaban J connectivity index is 2.90. The van der Waals surface area contributed by atoms with E-state index < -0.39 is 0 Å². The highest BCUT2D eigenvalue weighted by molar-refractivity contribution is 6.31. The molecular formula is C10H11ClN2. The molecular weight excluding hydrogens is 184 g/mol. The molecule has 13 heavy (non-hydrogen) atoms. The Bertz CT molecular complexity index is 341. The standard InChI is InChI=1S/C10H11ClN2/c1-7(6-12)13-10-5-3-4-9(11)8(10)2/h3-5,7,13H,1-2H3. The minimum Gasteiger partial charge on any atom is -0.370 e. The van der Waals surface area contributed by atoms with Gasteiger partial charge in [0.25, 0.3) is 0 Å². The second kappa shape index (κ2) is 4.15. The van der Waals surface area contributed by atoms with Crippen LogP contribution < -0.4 is 5.32 Å². The van der Waals surface area contributed by atoms with E-state index >= 15 is 0 Å². The van der Waals surface area contributed by atoms with Gasteiger partial charge in [-0.15, -0.1) is 0 Å². The number of nitriles is 1. The van der Waals surface area contributed by atoms with Gasteiger partial charge in [0, 0.05) is 10.7 Å². The molecule has 1 atom stereocenters. The van der Waals surface area contributed by atoms with E-state index in [1.54, 1.807) is 6.92 Å². The summed E-state index contributed by atoms with van der Waals surface area (Å²) in [5, 5.41) is 12.4. The van der Waals surface area contributed by atoms with E-state index in [4.69, 9.17) is 16.9 Å². The summed E-state index contributed by atoms with van der Waals surface area (Å²) in [5.74, 6) is 0. The van der Waals surface area contributed by atoms with Crippen LogP contribution in [-0.4, -0.2) is 6.04 Å². The monoisotopic (exact) mass is 194 g/mol. The van der Waals surface area contributed by atoms with Crippen LogP contribution in [0.2, 0.25) is 5.02 Å². The molecule has 2 nitrogen and oxygen atoms in total. The van der Waals surface area contributed by atoms with Crippen LogP contribution in [0.15, 0.2) is 18.2 Å². The summed E-state index contributed by atoms with van der Waals surface area (Å²) in [6.45, 7) is 3.73. The first-order valence-corrected chi connectivity index (χ1v) is 4.44. The molecule has 3 heteroatoms. The fourth-order valence-corrected chi connectivity index (χ4v) is 1.20. The second-order valence-electron chi connectivity index (χ2n) is 2.91. The highest BCUT2D eigenvalue weighted by atomic mass is 35.5. The van der Waals surface area contributed by atoms with Crippen LogP contribution in [0.1, 0.15) is 12.5 Å². The van der Waals surface area contributed by atoms with Crippen molar-refractivity contribution >= 4 is 17.3 Å².